The maximum absolute atomic E-state index is 12.7. The van der Waals surface area contributed by atoms with Gasteiger partial charge in [-0.05, 0) is 60.0 Å². The van der Waals surface area contributed by atoms with Crippen LogP contribution in [0.5, 0.6) is 5.75 Å². The number of benzene rings is 2. The Hall–Kier alpha value is -3.10. The van der Waals surface area contributed by atoms with Crippen LogP contribution in [0.3, 0.4) is 0 Å². The molecule has 5 nitrogen and oxygen atoms in total. The Kier molecular flexibility index (Phi) is 8.40. The van der Waals surface area contributed by atoms with Gasteiger partial charge in [0.1, 0.15) is 12.4 Å². The number of halogens is 4. The number of carboxylic acid groups (broad SMARTS) is 1. The van der Waals surface area contributed by atoms with Crippen molar-refractivity contribution < 1.29 is 27.8 Å². The first-order valence-electron chi connectivity index (χ1n) is 11.0. The Labute approximate surface area is 208 Å². The van der Waals surface area contributed by atoms with Crippen molar-refractivity contribution in [3.05, 3.63) is 82.5 Å². The SMILES string of the molecule is Cc1cc(-c2ccc3c(n2)CCN(CCC(=O)O)C3)ccc1OCc1ccc(C(F)(F)F)cc1.Cl. The minimum Gasteiger partial charge on any atom is -0.489 e. The molecule has 0 spiro atoms. The number of carbonyl (C=O) groups is 1. The molecule has 2 aromatic carbocycles. The van der Waals surface area contributed by atoms with E-state index in [0.29, 0.717) is 24.4 Å². The highest BCUT2D eigenvalue weighted by Gasteiger charge is 2.29. The van der Waals surface area contributed by atoms with E-state index < -0.39 is 17.7 Å². The van der Waals surface area contributed by atoms with Crippen molar-refractivity contribution in [2.75, 3.05) is 13.1 Å². The molecular formula is C26H26ClF3N2O3. The van der Waals surface area contributed by atoms with Crippen LogP contribution in [0.15, 0.2) is 54.6 Å². The third-order valence-electron chi connectivity index (χ3n) is 5.92. The zero-order chi connectivity index (χ0) is 24.3. The van der Waals surface area contributed by atoms with Gasteiger partial charge < -0.3 is 9.84 Å². The maximum atomic E-state index is 12.7. The lowest BCUT2D eigenvalue weighted by atomic mass is 10.0. The van der Waals surface area contributed by atoms with E-state index in [1.807, 2.05) is 31.2 Å². The number of aliphatic carboxylic acids is 1. The van der Waals surface area contributed by atoms with Gasteiger partial charge in [0, 0.05) is 37.3 Å². The quantitative estimate of drug-likeness (QED) is 0.431. The van der Waals surface area contributed by atoms with Crippen LogP contribution in [-0.4, -0.2) is 34.0 Å². The molecule has 0 saturated carbocycles. The fourth-order valence-corrected chi connectivity index (χ4v) is 4.00. The minimum atomic E-state index is -4.35. The van der Waals surface area contributed by atoms with Crippen LogP contribution in [0.2, 0.25) is 0 Å². The van der Waals surface area contributed by atoms with E-state index in [-0.39, 0.29) is 25.4 Å². The molecule has 2 heterocycles. The molecule has 1 aromatic heterocycles. The third kappa shape index (κ3) is 6.74. The number of nitrogens with zero attached hydrogens (tertiary/aromatic N) is 2. The van der Waals surface area contributed by atoms with Gasteiger partial charge in [-0.25, -0.2) is 0 Å². The molecule has 0 aliphatic carbocycles. The lowest BCUT2D eigenvalue weighted by Crippen LogP contribution is -2.32. The van der Waals surface area contributed by atoms with Crippen molar-refractivity contribution in [3.8, 4) is 17.0 Å². The van der Waals surface area contributed by atoms with Gasteiger partial charge in [0.2, 0.25) is 0 Å². The number of ether oxygens (including phenoxy) is 1. The van der Waals surface area contributed by atoms with Gasteiger partial charge in [0.25, 0.3) is 0 Å². The predicted molar refractivity (Wildman–Crippen MR) is 129 cm³/mol. The van der Waals surface area contributed by atoms with Gasteiger partial charge in [-0.3, -0.25) is 14.7 Å². The molecule has 0 radical (unpaired) electrons. The lowest BCUT2D eigenvalue weighted by molar-refractivity contribution is -0.138. The van der Waals surface area contributed by atoms with Crippen LogP contribution in [0.25, 0.3) is 11.3 Å². The average Bonchev–Trinajstić information content (AvgIpc) is 2.81. The zero-order valence-electron chi connectivity index (χ0n) is 19.1. The molecule has 0 amide bonds. The van der Waals surface area contributed by atoms with Crippen LogP contribution < -0.4 is 4.74 Å². The first-order valence-corrected chi connectivity index (χ1v) is 11.0. The summed E-state index contributed by atoms with van der Waals surface area (Å²) in [7, 11) is 0. The summed E-state index contributed by atoms with van der Waals surface area (Å²) in [5, 5.41) is 8.89. The lowest BCUT2D eigenvalue weighted by Gasteiger charge is -2.27. The Bertz CT molecular complexity index is 1180. The van der Waals surface area contributed by atoms with Crippen LogP contribution >= 0.6 is 12.4 Å². The minimum absolute atomic E-state index is 0. The number of hydrogen-bond donors (Lipinski definition) is 1. The van der Waals surface area contributed by atoms with Gasteiger partial charge in [0.05, 0.1) is 17.7 Å². The van der Waals surface area contributed by atoms with Gasteiger partial charge in [0.15, 0.2) is 0 Å². The molecular weight excluding hydrogens is 481 g/mol. The molecule has 0 fully saturated rings. The topological polar surface area (TPSA) is 62.7 Å². The largest absolute Gasteiger partial charge is 0.489 e. The molecule has 0 bridgehead atoms. The van der Waals surface area contributed by atoms with Crippen molar-refractivity contribution in [2.24, 2.45) is 0 Å². The summed E-state index contributed by atoms with van der Waals surface area (Å²) in [4.78, 5) is 17.8. The molecule has 186 valence electrons. The summed E-state index contributed by atoms with van der Waals surface area (Å²) in [6.45, 7) is 4.11. The van der Waals surface area contributed by atoms with E-state index in [1.54, 1.807) is 0 Å². The van der Waals surface area contributed by atoms with Crippen LogP contribution in [-0.2, 0) is 30.5 Å². The molecule has 0 saturated heterocycles. The molecule has 1 N–H and O–H groups in total. The monoisotopic (exact) mass is 506 g/mol. The van der Waals surface area contributed by atoms with Crippen molar-refractivity contribution in [1.29, 1.82) is 0 Å². The number of rotatable bonds is 7. The second-order valence-electron chi connectivity index (χ2n) is 8.44. The van der Waals surface area contributed by atoms with Crippen LogP contribution in [0.1, 0.15) is 34.4 Å². The Morgan fingerprint density at radius 2 is 1.86 bits per heavy atom. The highest BCUT2D eigenvalue weighted by Crippen LogP contribution is 2.30. The number of carboxylic acids is 1. The van der Waals surface area contributed by atoms with E-state index in [9.17, 15) is 18.0 Å². The van der Waals surface area contributed by atoms with Crippen molar-refractivity contribution >= 4 is 18.4 Å². The molecule has 3 aromatic rings. The standard InChI is InChI=1S/C26H25F3N2O3.ClH/c1-17-14-19(5-9-24(17)34-16-18-2-6-21(7-3-18)26(27,28)29)22-8-4-20-15-31(13-11-25(32)33)12-10-23(20)30-22;/h2-9,14H,10-13,15-16H2,1H3,(H,32,33);1H. The first kappa shape index (κ1) is 26.5. The van der Waals surface area contributed by atoms with Gasteiger partial charge in [-0.15, -0.1) is 12.4 Å². The number of alkyl halides is 3. The Balaban J connectivity index is 0.00000342. The molecule has 0 atom stereocenters. The zero-order valence-corrected chi connectivity index (χ0v) is 20.0. The highest BCUT2D eigenvalue weighted by molar-refractivity contribution is 5.85. The van der Waals surface area contributed by atoms with Crippen molar-refractivity contribution in [3.63, 3.8) is 0 Å². The number of fused-ring (bicyclic) bond motifs is 1. The van der Waals surface area contributed by atoms with Crippen molar-refractivity contribution in [1.82, 2.24) is 9.88 Å². The average molecular weight is 507 g/mol. The van der Waals surface area contributed by atoms with E-state index in [4.69, 9.17) is 14.8 Å². The summed E-state index contributed by atoms with van der Waals surface area (Å²) in [6, 6.07) is 14.7. The number of hydrogen-bond acceptors (Lipinski definition) is 4. The molecule has 35 heavy (non-hydrogen) atoms. The third-order valence-corrected chi connectivity index (χ3v) is 5.92. The van der Waals surface area contributed by atoms with Crippen LogP contribution in [0, 0.1) is 6.92 Å². The van der Waals surface area contributed by atoms with Crippen LogP contribution in [0.4, 0.5) is 13.2 Å². The second kappa shape index (κ2) is 11.1. The smallest absolute Gasteiger partial charge is 0.416 e. The van der Waals surface area contributed by atoms with E-state index >= 15 is 0 Å². The van der Waals surface area contributed by atoms with Gasteiger partial charge in [-0.2, -0.15) is 13.2 Å². The summed E-state index contributed by atoms with van der Waals surface area (Å²) >= 11 is 0. The van der Waals surface area contributed by atoms with E-state index in [1.165, 1.54) is 12.1 Å². The fraction of sp³-hybridized carbons (Fsp3) is 0.308. The molecule has 4 rings (SSSR count). The van der Waals surface area contributed by atoms with E-state index in [2.05, 4.69) is 11.0 Å². The fourth-order valence-electron chi connectivity index (χ4n) is 4.00. The second-order valence-corrected chi connectivity index (χ2v) is 8.44. The van der Waals surface area contributed by atoms with Crippen molar-refractivity contribution in [2.45, 2.75) is 39.1 Å². The summed E-state index contributed by atoms with van der Waals surface area (Å²) < 4.78 is 44.0. The molecule has 0 unspecified atom stereocenters. The summed E-state index contributed by atoms with van der Waals surface area (Å²) in [5.74, 6) is -0.128. The maximum Gasteiger partial charge on any atom is 0.416 e. The summed E-state index contributed by atoms with van der Waals surface area (Å²) in [6.07, 6.45) is -3.44. The summed E-state index contributed by atoms with van der Waals surface area (Å²) in [5.41, 5.74) is 4.85. The molecule has 9 heteroatoms. The highest BCUT2D eigenvalue weighted by atomic mass is 35.5. The Morgan fingerprint density at radius 1 is 1.11 bits per heavy atom. The number of aromatic nitrogens is 1. The molecule has 1 aliphatic heterocycles. The van der Waals surface area contributed by atoms with Gasteiger partial charge in [-0.1, -0.05) is 18.2 Å². The molecule has 1 aliphatic rings. The Morgan fingerprint density at radius 3 is 2.51 bits per heavy atom. The predicted octanol–water partition coefficient (Wildman–Crippen LogP) is 5.91. The normalized spacial score (nSPS) is 13.6. The number of aryl methyl sites for hydroxylation is 1. The van der Waals surface area contributed by atoms with E-state index in [0.717, 1.165) is 53.2 Å². The first-order chi connectivity index (χ1) is 16.2. The number of pyridine rings is 1. The van der Waals surface area contributed by atoms with Gasteiger partial charge >= 0.3 is 12.1 Å².